The van der Waals surface area contributed by atoms with Crippen molar-refractivity contribution < 1.29 is 17.9 Å². The summed E-state index contributed by atoms with van der Waals surface area (Å²) in [6, 6.07) is 14.1. The number of hydrogen-bond acceptors (Lipinski definition) is 3. The van der Waals surface area contributed by atoms with Gasteiger partial charge in [0.15, 0.2) is 0 Å². The fourth-order valence-corrected chi connectivity index (χ4v) is 4.47. The van der Waals surface area contributed by atoms with Gasteiger partial charge in [-0.25, -0.2) is 0 Å². The molecule has 0 saturated heterocycles. The summed E-state index contributed by atoms with van der Waals surface area (Å²) in [6.45, 7) is 10.8. The predicted octanol–water partition coefficient (Wildman–Crippen LogP) is 7.62. The van der Waals surface area contributed by atoms with Crippen LogP contribution >= 0.6 is 0 Å². The van der Waals surface area contributed by atoms with Crippen molar-refractivity contribution in [2.45, 2.75) is 72.8 Å². The van der Waals surface area contributed by atoms with Gasteiger partial charge >= 0.3 is 6.18 Å². The summed E-state index contributed by atoms with van der Waals surface area (Å²) in [5, 5.41) is 0. The van der Waals surface area contributed by atoms with Gasteiger partial charge in [0, 0.05) is 36.0 Å². The number of aromatic nitrogens is 1. The highest BCUT2D eigenvalue weighted by Gasteiger charge is 2.33. The van der Waals surface area contributed by atoms with Crippen molar-refractivity contribution in [3.63, 3.8) is 0 Å². The lowest BCUT2D eigenvalue weighted by Gasteiger charge is -2.24. The van der Waals surface area contributed by atoms with Gasteiger partial charge in [0.1, 0.15) is 5.75 Å². The first kappa shape index (κ1) is 26.7. The third-order valence-corrected chi connectivity index (χ3v) is 6.10. The van der Waals surface area contributed by atoms with E-state index in [1.807, 2.05) is 38.8 Å². The van der Waals surface area contributed by atoms with E-state index in [4.69, 9.17) is 9.72 Å². The normalized spacial score (nSPS) is 12.0. The third kappa shape index (κ3) is 6.43. The van der Waals surface area contributed by atoms with Crippen LogP contribution in [0.4, 0.5) is 13.2 Å². The molecule has 0 spiro atoms. The van der Waals surface area contributed by atoms with Gasteiger partial charge in [0.25, 0.3) is 0 Å². The number of ether oxygens (including phenoxy) is 1. The fraction of sp³-hybridized carbons (Fsp3) is 0.414. The minimum Gasteiger partial charge on any atom is -0.491 e. The van der Waals surface area contributed by atoms with Crippen molar-refractivity contribution in [1.82, 2.24) is 9.88 Å². The number of nitrogens with zero attached hydrogens (tertiary/aromatic N) is 2. The molecule has 188 valence electrons. The standard InChI is InChI=1S/C29H35F3N2O/c1-7-21-13-11-14-22(8-2)28(21)26-16-27(35-19(3)4)24(20(5)33-26)18-34(6)17-23-12-9-10-15-25(23)29(30,31)32/h9-16,19H,7-8,17-18H2,1-6H3. The Morgan fingerprint density at radius 1 is 0.914 bits per heavy atom. The summed E-state index contributed by atoms with van der Waals surface area (Å²) in [5.41, 5.74) is 5.86. The molecular weight excluding hydrogens is 449 g/mol. The third-order valence-electron chi connectivity index (χ3n) is 6.10. The SMILES string of the molecule is CCc1cccc(CC)c1-c1cc(OC(C)C)c(CN(C)Cc2ccccc2C(F)(F)F)c(C)n1. The first-order chi connectivity index (χ1) is 16.5. The molecule has 6 heteroatoms. The van der Waals surface area contributed by atoms with Crippen LogP contribution in [0.3, 0.4) is 0 Å². The molecule has 0 unspecified atom stereocenters. The lowest BCUT2D eigenvalue weighted by Crippen LogP contribution is -2.22. The maximum Gasteiger partial charge on any atom is 0.416 e. The van der Waals surface area contributed by atoms with Crippen LogP contribution in [0.5, 0.6) is 5.75 Å². The molecule has 0 aliphatic rings. The van der Waals surface area contributed by atoms with Crippen LogP contribution in [0.1, 0.15) is 61.2 Å². The second-order valence-electron chi connectivity index (χ2n) is 9.22. The molecule has 0 atom stereocenters. The van der Waals surface area contributed by atoms with Crippen molar-refractivity contribution in [2.24, 2.45) is 0 Å². The van der Waals surface area contributed by atoms with Crippen molar-refractivity contribution in [1.29, 1.82) is 0 Å². The molecule has 1 aromatic heterocycles. The molecule has 0 amide bonds. The Bertz CT molecular complexity index is 1130. The first-order valence-electron chi connectivity index (χ1n) is 12.2. The summed E-state index contributed by atoms with van der Waals surface area (Å²) >= 11 is 0. The van der Waals surface area contributed by atoms with Gasteiger partial charge in [-0.2, -0.15) is 13.2 Å². The molecule has 35 heavy (non-hydrogen) atoms. The minimum atomic E-state index is -4.38. The monoisotopic (exact) mass is 484 g/mol. The molecule has 0 bridgehead atoms. The van der Waals surface area contributed by atoms with Crippen LogP contribution in [0.15, 0.2) is 48.5 Å². The summed E-state index contributed by atoms with van der Waals surface area (Å²) in [7, 11) is 1.82. The van der Waals surface area contributed by atoms with Gasteiger partial charge in [-0.15, -0.1) is 0 Å². The topological polar surface area (TPSA) is 25.4 Å². The summed E-state index contributed by atoms with van der Waals surface area (Å²) in [6.07, 6.45) is -2.64. The molecule has 0 fully saturated rings. The Labute approximate surface area is 207 Å². The van der Waals surface area contributed by atoms with E-state index in [9.17, 15) is 13.2 Å². The molecule has 3 rings (SSSR count). The highest BCUT2D eigenvalue weighted by atomic mass is 19.4. The van der Waals surface area contributed by atoms with Gasteiger partial charge in [0.2, 0.25) is 0 Å². The highest BCUT2D eigenvalue weighted by molar-refractivity contribution is 5.70. The minimum absolute atomic E-state index is 0.0493. The second kappa shape index (κ2) is 11.3. The molecule has 0 aliphatic heterocycles. The lowest BCUT2D eigenvalue weighted by atomic mass is 9.94. The Hall–Kier alpha value is -2.86. The quantitative estimate of drug-likeness (QED) is 0.312. The number of alkyl halides is 3. The molecule has 0 saturated carbocycles. The number of rotatable bonds is 9. The second-order valence-corrected chi connectivity index (χ2v) is 9.22. The van der Waals surface area contributed by atoms with Gasteiger partial charge in [-0.1, -0.05) is 50.2 Å². The fourth-order valence-electron chi connectivity index (χ4n) is 4.47. The zero-order chi connectivity index (χ0) is 25.8. The van der Waals surface area contributed by atoms with Crippen LogP contribution in [0, 0.1) is 6.92 Å². The molecule has 3 nitrogen and oxygen atoms in total. The molecule has 2 aromatic carbocycles. The van der Waals surface area contributed by atoms with Gasteiger partial charge in [0.05, 0.1) is 17.4 Å². The molecule has 0 aliphatic carbocycles. The maximum atomic E-state index is 13.5. The number of benzene rings is 2. The maximum absolute atomic E-state index is 13.5. The molecule has 3 aromatic rings. The average Bonchev–Trinajstić information content (AvgIpc) is 2.79. The number of pyridine rings is 1. The van der Waals surface area contributed by atoms with E-state index in [1.165, 1.54) is 23.3 Å². The number of hydrogen-bond donors (Lipinski definition) is 0. The van der Waals surface area contributed by atoms with Crippen molar-refractivity contribution in [2.75, 3.05) is 7.05 Å². The Morgan fingerprint density at radius 2 is 1.51 bits per heavy atom. The molecule has 0 N–H and O–H groups in total. The van der Waals surface area contributed by atoms with E-state index >= 15 is 0 Å². The summed E-state index contributed by atoms with van der Waals surface area (Å²) in [5.74, 6) is 0.728. The first-order valence-corrected chi connectivity index (χ1v) is 12.2. The van der Waals surface area contributed by atoms with Crippen LogP contribution in [-0.4, -0.2) is 23.0 Å². The Balaban J connectivity index is 2.00. The average molecular weight is 485 g/mol. The van der Waals surface area contributed by atoms with Crippen LogP contribution in [0.25, 0.3) is 11.3 Å². The summed E-state index contributed by atoms with van der Waals surface area (Å²) in [4.78, 5) is 6.83. The Morgan fingerprint density at radius 3 is 2.09 bits per heavy atom. The predicted molar refractivity (Wildman–Crippen MR) is 136 cm³/mol. The van der Waals surface area contributed by atoms with Gasteiger partial charge in [-0.3, -0.25) is 9.88 Å². The van der Waals surface area contributed by atoms with E-state index < -0.39 is 11.7 Å². The molecule has 1 heterocycles. The van der Waals surface area contributed by atoms with E-state index in [1.54, 1.807) is 6.07 Å². The van der Waals surface area contributed by atoms with E-state index in [-0.39, 0.29) is 18.2 Å². The van der Waals surface area contributed by atoms with E-state index in [0.29, 0.717) is 6.54 Å². The van der Waals surface area contributed by atoms with Gasteiger partial charge in [-0.05, 0) is 63.4 Å². The van der Waals surface area contributed by atoms with Gasteiger partial charge < -0.3 is 4.74 Å². The zero-order valence-electron chi connectivity index (χ0n) is 21.5. The molecular formula is C29H35F3N2O. The van der Waals surface area contributed by atoms with Crippen molar-refractivity contribution in [3.05, 3.63) is 82.0 Å². The summed E-state index contributed by atoms with van der Waals surface area (Å²) < 4.78 is 46.7. The smallest absolute Gasteiger partial charge is 0.416 e. The van der Waals surface area contributed by atoms with E-state index in [0.717, 1.165) is 47.2 Å². The lowest BCUT2D eigenvalue weighted by molar-refractivity contribution is -0.138. The van der Waals surface area contributed by atoms with Crippen LogP contribution in [-0.2, 0) is 32.1 Å². The largest absolute Gasteiger partial charge is 0.491 e. The highest BCUT2D eigenvalue weighted by Crippen LogP contribution is 2.35. The number of halogens is 3. The van der Waals surface area contributed by atoms with Crippen molar-refractivity contribution >= 4 is 0 Å². The Kier molecular flexibility index (Phi) is 8.60. The van der Waals surface area contributed by atoms with Crippen LogP contribution in [0.2, 0.25) is 0 Å². The van der Waals surface area contributed by atoms with Crippen LogP contribution < -0.4 is 4.74 Å². The molecule has 0 radical (unpaired) electrons. The number of aryl methyl sites for hydroxylation is 3. The van der Waals surface area contributed by atoms with E-state index in [2.05, 4.69) is 32.0 Å². The zero-order valence-corrected chi connectivity index (χ0v) is 21.5. The van der Waals surface area contributed by atoms with Crippen molar-refractivity contribution in [3.8, 4) is 17.0 Å².